The number of ether oxygens (including phenoxy) is 1. The Morgan fingerprint density at radius 3 is 2.36 bits per heavy atom. The summed E-state index contributed by atoms with van der Waals surface area (Å²) in [6.07, 6.45) is -0.464. The van der Waals surface area contributed by atoms with Crippen LogP contribution in [0.3, 0.4) is 0 Å². The molecule has 0 aromatic carbocycles. The van der Waals surface area contributed by atoms with Crippen LogP contribution in [0.1, 0.15) is 47.1 Å². The summed E-state index contributed by atoms with van der Waals surface area (Å²) in [5.74, 6) is -0.121. The van der Waals surface area contributed by atoms with E-state index in [2.05, 4.69) is 14.9 Å². The van der Waals surface area contributed by atoms with Crippen LogP contribution in [0.4, 0.5) is 24.1 Å². The number of carbonyl (C=O) groups excluding carboxylic acids is 2. The fraction of sp³-hybridized carbons (Fsp3) is 0.583. The number of thiazole rings is 1. The minimum absolute atomic E-state index is 0.175. The van der Waals surface area contributed by atoms with Crippen molar-refractivity contribution in [1.29, 1.82) is 0 Å². The Hall–Kier alpha value is -2.73. The highest BCUT2D eigenvalue weighted by Crippen LogP contribution is 2.38. The Morgan fingerprint density at radius 2 is 1.75 bits per heavy atom. The monoisotopic (exact) mass is 525 g/mol. The van der Waals surface area contributed by atoms with Gasteiger partial charge >= 0.3 is 12.1 Å². The van der Waals surface area contributed by atoms with E-state index in [0.29, 0.717) is 51.4 Å². The zero-order chi connectivity index (χ0) is 25.7. The van der Waals surface area contributed by atoms with E-state index in [4.69, 9.17) is 4.74 Å². The third-order valence-electron chi connectivity index (χ3n) is 6.29. The van der Waals surface area contributed by atoms with Crippen LogP contribution in [-0.2, 0) is 22.1 Å². The van der Waals surface area contributed by atoms with Crippen LogP contribution in [0, 0.1) is 0 Å². The van der Waals surface area contributed by atoms with E-state index < -0.39 is 17.7 Å². The maximum Gasteiger partial charge on any atom is 0.435 e. The summed E-state index contributed by atoms with van der Waals surface area (Å²) >= 11 is 0.832. The summed E-state index contributed by atoms with van der Waals surface area (Å²) < 4.78 is 45.9. The number of hydrogen-bond acceptors (Lipinski definition) is 9. The van der Waals surface area contributed by atoms with E-state index in [9.17, 15) is 22.8 Å². The molecule has 0 aliphatic carbocycles. The number of aromatic nitrogens is 2. The van der Waals surface area contributed by atoms with Crippen LogP contribution in [0.15, 0.2) is 18.3 Å². The minimum Gasteiger partial charge on any atom is -0.465 e. The average molecular weight is 526 g/mol. The van der Waals surface area contributed by atoms with Crippen molar-refractivity contribution >= 4 is 34.0 Å². The molecule has 0 bridgehead atoms. The second-order valence-corrected chi connectivity index (χ2v) is 9.89. The van der Waals surface area contributed by atoms with E-state index in [1.807, 2.05) is 9.80 Å². The molecule has 2 aromatic rings. The van der Waals surface area contributed by atoms with Crippen LogP contribution in [0.5, 0.6) is 0 Å². The highest BCUT2D eigenvalue weighted by molar-refractivity contribution is 7.17. The van der Waals surface area contributed by atoms with Crippen LogP contribution in [0.2, 0.25) is 0 Å². The lowest BCUT2D eigenvalue weighted by Crippen LogP contribution is -2.48. The number of rotatable bonds is 8. The number of hydrogen-bond donors (Lipinski definition) is 0. The molecule has 0 radical (unpaired) electrons. The number of esters is 1. The van der Waals surface area contributed by atoms with E-state index in [-0.39, 0.29) is 28.9 Å². The predicted molar refractivity (Wildman–Crippen MR) is 131 cm³/mol. The molecular formula is C24H30F3N5O3S. The fourth-order valence-corrected chi connectivity index (χ4v) is 5.48. The van der Waals surface area contributed by atoms with Crippen LogP contribution in [0.25, 0.3) is 0 Å². The molecule has 2 aromatic heterocycles. The molecule has 0 N–H and O–H groups in total. The lowest BCUT2D eigenvalue weighted by molar-refractivity contribution is -0.144. The van der Waals surface area contributed by atoms with Crippen molar-refractivity contribution in [2.45, 2.75) is 38.8 Å². The standard InChI is InChI=1S/C24H30F3N5O3S/c1-2-35-20(34)16-30-10-12-31(13-11-30)19-7-6-17(15-28-19)14-18(33)21-22(24(25,26)27)29-23(36-21)32-8-4-3-5-9-32/h6-7,15H,2-5,8-14,16H2,1H3. The van der Waals surface area contributed by atoms with E-state index in [1.54, 1.807) is 19.1 Å². The zero-order valence-corrected chi connectivity index (χ0v) is 21.0. The van der Waals surface area contributed by atoms with Crippen molar-refractivity contribution in [3.05, 3.63) is 34.5 Å². The first-order chi connectivity index (χ1) is 17.2. The number of nitrogens with zero attached hydrogens (tertiary/aromatic N) is 5. The maximum absolute atomic E-state index is 13.6. The molecule has 2 saturated heterocycles. The summed E-state index contributed by atoms with van der Waals surface area (Å²) in [6.45, 7) is 6.43. The number of carbonyl (C=O) groups is 2. The summed E-state index contributed by atoms with van der Waals surface area (Å²) in [5, 5.41) is 0.265. The third kappa shape index (κ3) is 6.52. The molecule has 0 amide bonds. The molecule has 36 heavy (non-hydrogen) atoms. The number of halogens is 3. The van der Waals surface area contributed by atoms with Gasteiger partial charge in [0.25, 0.3) is 0 Å². The van der Waals surface area contributed by atoms with Crippen molar-refractivity contribution in [3.8, 4) is 0 Å². The molecule has 0 unspecified atom stereocenters. The van der Waals surface area contributed by atoms with Crippen molar-refractivity contribution in [2.75, 3.05) is 62.2 Å². The zero-order valence-electron chi connectivity index (χ0n) is 20.2. The highest BCUT2D eigenvalue weighted by atomic mass is 32.1. The van der Waals surface area contributed by atoms with Crippen LogP contribution >= 0.6 is 11.3 Å². The molecule has 4 rings (SSSR count). The van der Waals surface area contributed by atoms with Gasteiger partial charge in [0.2, 0.25) is 0 Å². The Bertz CT molecular complexity index is 1050. The van der Waals surface area contributed by atoms with Gasteiger partial charge in [0.05, 0.1) is 13.2 Å². The number of piperazine rings is 1. The lowest BCUT2D eigenvalue weighted by atomic mass is 10.1. The first-order valence-electron chi connectivity index (χ1n) is 12.2. The van der Waals surface area contributed by atoms with Gasteiger partial charge < -0.3 is 14.5 Å². The molecule has 0 spiro atoms. The summed E-state index contributed by atoms with van der Waals surface area (Å²) in [5.41, 5.74) is -0.547. The van der Waals surface area contributed by atoms with Gasteiger partial charge in [0.15, 0.2) is 16.6 Å². The largest absolute Gasteiger partial charge is 0.465 e. The van der Waals surface area contributed by atoms with Gasteiger partial charge in [-0.25, -0.2) is 9.97 Å². The van der Waals surface area contributed by atoms with E-state index in [0.717, 1.165) is 36.4 Å². The van der Waals surface area contributed by atoms with Gasteiger partial charge in [-0.15, -0.1) is 0 Å². The van der Waals surface area contributed by atoms with Crippen molar-refractivity contribution in [1.82, 2.24) is 14.9 Å². The number of Topliss-reactive ketones (excluding diaryl/α,β-unsaturated/α-hetero) is 1. The normalized spacial score (nSPS) is 17.3. The lowest BCUT2D eigenvalue weighted by Gasteiger charge is -2.34. The fourth-order valence-electron chi connectivity index (χ4n) is 4.41. The molecule has 0 saturated carbocycles. The Labute approximate surface area is 212 Å². The molecule has 2 aliphatic heterocycles. The smallest absolute Gasteiger partial charge is 0.435 e. The molecule has 2 aliphatic rings. The Morgan fingerprint density at radius 1 is 1.03 bits per heavy atom. The number of alkyl halides is 3. The van der Waals surface area contributed by atoms with Gasteiger partial charge in [-0.3, -0.25) is 14.5 Å². The van der Waals surface area contributed by atoms with Crippen molar-refractivity contribution in [3.63, 3.8) is 0 Å². The number of ketones is 1. The topological polar surface area (TPSA) is 78.9 Å². The molecule has 196 valence electrons. The van der Waals surface area contributed by atoms with Gasteiger partial charge in [-0.1, -0.05) is 17.4 Å². The maximum atomic E-state index is 13.6. The molecule has 0 atom stereocenters. The van der Waals surface area contributed by atoms with Crippen LogP contribution in [-0.4, -0.2) is 79.0 Å². The Kier molecular flexibility index (Phi) is 8.45. The van der Waals surface area contributed by atoms with Crippen LogP contribution < -0.4 is 9.80 Å². The number of piperidine rings is 1. The molecule has 12 heteroatoms. The minimum atomic E-state index is -4.69. The average Bonchev–Trinajstić information content (AvgIpc) is 3.33. The summed E-state index contributed by atoms with van der Waals surface area (Å²) in [6, 6.07) is 3.51. The van der Waals surface area contributed by atoms with Crippen molar-refractivity contribution in [2.24, 2.45) is 0 Å². The van der Waals surface area contributed by atoms with Gasteiger partial charge in [-0.2, -0.15) is 13.2 Å². The second-order valence-electron chi connectivity index (χ2n) is 8.91. The Balaban J connectivity index is 1.38. The third-order valence-corrected chi connectivity index (χ3v) is 7.45. The summed E-state index contributed by atoms with van der Waals surface area (Å²) in [7, 11) is 0. The first kappa shape index (κ1) is 26.3. The molecular weight excluding hydrogens is 495 g/mol. The van der Waals surface area contributed by atoms with Gasteiger partial charge in [0.1, 0.15) is 10.7 Å². The first-order valence-corrected chi connectivity index (χ1v) is 13.0. The number of anilines is 2. The summed E-state index contributed by atoms with van der Waals surface area (Å²) in [4.78, 5) is 38.4. The van der Waals surface area contributed by atoms with E-state index in [1.165, 1.54) is 6.20 Å². The molecule has 2 fully saturated rings. The second kappa shape index (κ2) is 11.5. The van der Waals surface area contributed by atoms with Gasteiger partial charge in [-0.05, 0) is 37.8 Å². The highest BCUT2D eigenvalue weighted by Gasteiger charge is 2.40. The predicted octanol–water partition coefficient (Wildman–Crippen LogP) is 3.66. The SMILES string of the molecule is CCOC(=O)CN1CCN(c2ccc(CC(=O)c3sc(N4CCCCC4)nc3C(F)(F)F)cn2)CC1. The van der Waals surface area contributed by atoms with Gasteiger partial charge in [0, 0.05) is 51.9 Å². The molecule has 8 nitrogen and oxygen atoms in total. The number of pyridine rings is 1. The van der Waals surface area contributed by atoms with Crippen molar-refractivity contribution < 1.29 is 27.5 Å². The van der Waals surface area contributed by atoms with E-state index >= 15 is 0 Å². The quantitative estimate of drug-likeness (QED) is 0.382. The molecule has 4 heterocycles.